The van der Waals surface area contributed by atoms with E-state index in [4.69, 9.17) is 14.7 Å². The molecule has 1 aliphatic rings. The third-order valence-corrected chi connectivity index (χ3v) is 6.57. The number of rotatable bonds is 14. The van der Waals surface area contributed by atoms with Crippen LogP contribution >= 0.6 is 0 Å². The first-order chi connectivity index (χ1) is 19.6. The molecule has 2 aromatic heterocycles. The Kier molecular flexibility index (Phi) is 10.2. The first-order valence-electron chi connectivity index (χ1n) is 13.3. The van der Waals surface area contributed by atoms with Gasteiger partial charge in [-0.25, -0.2) is 9.97 Å². The second-order valence-corrected chi connectivity index (χ2v) is 9.39. The highest BCUT2D eigenvalue weighted by Gasteiger charge is 2.24. The summed E-state index contributed by atoms with van der Waals surface area (Å²) in [6.45, 7) is 14.8. The van der Waals surface area contributed by atoms with Gasteiger partial charge in [0.05, 0.1) is 37.2 Å². The molecule has 0 atom stereocenters. The van der Waals surface area contributed by atoms with E-state index in [0.717, 1.165) is 41.8 Å². The molecule has 3 aromatic rings. The Morgan fingerprint density at radius 2 is 2.02 bits per heavy atom. The Hall–Kier alpha value is -4.29. The highest BCUT2D eigenvalue weighted by molar-refractivity contribution is 6.01. The third kappa shape index (κ3) is 7.01. The van der Waals surface area contributed by atoms with Crippen LogP contribution in [0.25, 0.3) is 22.3 Å². The summed E-state index contributed by atoms with van der Waals surface area (Å²) in [7, 11) is 2.00. The van der Waals surface area contributed by atoms with Gasteiger partial charge in [0.2, 0.25) is 0 Å². The second-order valence-electron chi connectivity index (χ2n) is 9.39. The zero-order chi connectivity index (χ0) is 28.3. The molecule has 4 rings (SSSR count). The fraction of sp³-hybridized carbons (Fsp3) is 0.393. The number of allylic oxidation sites excluding steroid dienone is 1. The standard InChI is InChI=1S/C28H36N10O2/c1-5-8-37(20-31-17-21(19-39)16-29-2)10-9-36(4)27-25(30-3)28(38-11-13-40-14-12-38)34-26(33-27)22-6-7-24-23(15-22)18-32-35-24/h6-7,15-19H,2-3,5,8-14,20H2,1,4H3,(H,32,35)/b21-16+,31-17-. The SMILES string of the molecule is C=N/C=C(C=O)\C=N/CN(CCC)CCN(C)c1nc(-c2ccc3[nH]ncc3c2)nc(N2CCOCC2)c1N=C. The number of fused-ring (bicyclic) bond motifs is 1. The maximum atomic E-state index is 11.1. The molecule has 1 N–H and O–H groups in total. The van der Waals surface area contributed by atoms with Crippen molar-refractivity contribution in [3.8, 4) is 11.4 Å². The highest BCUT2D eigenvalue weighted by Crippen LogP contribution is 2.37. The predicted molar refractivity (Wildman–Crippen MR) is 162 cm³/mol. The molecule has 0 saturated carbocycles. The molecule has 0 radical (unpaired) electrons. The smallest absolute Gasteiger partial charge is 0.164 e. The van der Waals surface area contributed by atoms with Crippen molar-refractivity contribution in [1.29, 1.82) is 0 Å². The van der Waals surface area contributed by atoms with Crippen LogP contribution in [-0.2, 0) is 9.53 Å². The van der Waals surface area contributed by atoms with Crippen molar-refractivity contribution < 1.29 is 9.53 Å². The van der Waals surface area contributed by atoms with Crippen LogP contribution in [0.3, 0.4) is 0 Å². The minimum atomic E-state index is 0.378. The van der Waals surface area contributed by atoms with E-state index in [9.17, 15) is 4.79 Å². The minimum Gasteiger partial charge on any atom is -0.378 e. The average molecular weight is 545 g/mol. The zero-order valence-corrected chi connectivity index (χ0v) is 23.2. The van der Waals surface area contributed by atoms with Crippen LogP contribution in [0.15, 0.2) is 51.1 Å². The van der Waals surface area contributed by atoms with Gasteiger partial charge in [-0.3, -0.25) is 29.8 Å². The molecule has 1 saturated heterocycles. The lowest BCUT2D eigenvalue weighted by molar-refractivity contribution is -0.104. The van der Waals surface area contributed by atoms with Gasteiger partial charge in [-0.15, -0.1) is 0 Å². The molecule has 12 heteroatoms. The summed E-state index contributed by atoms with van der Waals surface area (Å²) in [6.07, 6.45) is 6.39. The molecule has 0 bridgehead atoms. The Balaban J connectivity index is 1.62. The Morgan fingerprint density at radius 3 is 2.75 bits per heavy atom. The van der Waals surface area contributed by atoms with E-state index in [1.807, 2.05) is 25.2 Å². The van der Waals surface area contributed by atoms with Gasteiger partial charge in [0.25, 0.3) is 0 Å². The number of benzene rings is 1. The van der Waals surface area contributed by atoms with Crippen molar-refractivity contribution in [3.63, 3.8) is 0 Å². The number of aromatic amines is 1. The molecule has 1 fully saturated rings. The molecule has 0 aliphatic carbocycles. The molecular formula is C28H36N10O2. The van der Waals surface area contributed by atoms with Crippen molar-refractivity contribution in [2.24, 2.45) is 15.0 Å². The fourth-order valence-corrected chi connectivity index (χ4v) is 4.47. The van der Waals surface area contributed by atoms with E-state index in [1.165, 1.54) is 12.4 Å². The number of aromatic nitrogens is 4. The summed E-state index contributed by atoms with van der Waals surface area (Å²) in [5.41, 5.74) is 2.87. The van der Waals surface area contributed by atoms with E-state index in [1.54, 1.807) is 6.20 Å². The van der Waals surface area contributed by atoms with Crippen LogP contribution in [0.4, 0.5) is 17.3 Å². The van der Waals surface area contributed by atoms with Gasteiger partial charge < -0.3 is 14.5 Å². The van der Waals surface area contributed by atoms with Crippen LogP contribution in [0.1, 0.15) is 13.3 Å². The molecule has 210 valence electrons. The van der Waals surface area contributed by atoms with E-state index in [-0.39, 0.29) is 0 Å². The summed E-state index contributed by atoms with van der Waals surface area (Å²) in [4.78, 5) is 40.0. The van der Waals surface area contributed by atoms with E-state index < -0.39 is 0 Å². The maximum Gasteiger partial charge on any atom is 0.164 e. The lowest BCUT2D eigenvalue weighted by Crippen LogP contribution is -2.37. The number of anilines is 2. The average Bonchev–Trinajstić information content (AvgIpc) is 3.47. The number of morpholine rings is 1. The summed E-state index contributed by atoms with van der Waals surface area (Å²) in [6, 6.07) is 6.01. The number of nitrogens with one attached hydrogen (secondary N) is 1. The van der Waals surface area contributed by atoms with E-state index in [0.29, 0.717) is 68.7 Å². The largest absolute Gasteiger partial charge is 0.378 e. The second kappa shape index (κ2) is 14.2. The fourth-order valence-electron chi connectivity index (χ4n) is 4.47. The quantitative estimate of drug-likeness (QED) is 0.186. The number of aldehydes is 1. The lowest BCUT2D eigenvalue weighted by atomic mass is 10.1. The molecular weight excluding hydrogens is 508 g/mol. The monoisotopic (exact) mass is 544 g/mol. The Morgan fingerprint density at radius 1 is 1.20 bits per heavy atom. The molecule has 1 aromatic carbocycles. The van der Waals surface area contributed by atoms with Crippen LogP contribution in [0.2, 0.25) is 0 Å². The molecule has 40 heavy (non-hydrogen) atoms. The third-order valence-electron chi connectivity index (χ3n) is 6.57. The molecule has 0 unspecified atom stereocenters. The summed E-state index contributed by atoms with van der Waals surface area (Å²) >= 11 is 0. The van der Waals surface area contributed by atoms with Gasteiger partial charge in [0, 0.05) is 56.6 Å². The van der Waals surface area contributed by atoms with Crippen LogP contribution in [0.5, 0.6) is 0 Å². The Bertz CT molecular complexity index is 1380. The van der Waals surface area contributed by atoms with Gasteiger partial charge in [0.15, 0.2) is 23.7 Å². The van der Waals surface area contributed by atoms with Crippen LogP contribution in [-0.4, -0.2) is 111 Å². The van der Waals surface area contributed by atoms with Crippen LogP contribution < -0.4 is 9.80 Å². The first-order valence-corrected chi connectivity index (χ1v) is 13.3. The van der Waals surface area contributed by atoms with Crippen molar-refractivity contribution in [3.05, 3.63) is 36.2 Å². The van der Waals surface area contributed by atoms with Gasteiger partial charge in [-0.2, -0.15) is 5.10 Å². The highest BCUT2D eigenvalue weighted by atomic mass is 16.5. The summed E-state index contributed by atoms with van der Waals surface area (Å²) in [5, 5.41) is 8.12. The number of nitrogens with zero attached hydrogens (tertiary/aromatic N) is 9. The number of H-pyrrole nitrogens is 1. The number of carbonyl (C=O) groups is 1. The number of ether oxygens (including phenoxy) is 1. The molecule has 1 aliphatic heterocycles. The first kappa shape index (κ1) is 28.7. The van der Waals surface area contributed by atoms with E-state index >= 15 is 0 Å². The summed E-state index contributed by atoms with van der Waals surface area (Å²) < 4.78 is 5.58. The van der Waals surface area contributed by atoms with Crippen molar-refractivity contribution in [2.45, 2.75) is 13.3 Å². The normalized spacial score (nSPS) is 14.3. The summed E-state index contributed by atoms with van der Waals surface area (Å²) in [5.74, 6) is 2.06. The van der Waals surface area contributed by atoms with Crippen molar-refractivity contribution in [2.75, 3.05) is 69.5 Å². The van der Waals surface area contributed by atoms with Crippen LogP contribution in [0, 0.1) is 0 Å². The molecule has 0 spiro atoms. The number of likely N-dealkylation sites (N-methyl/N-ethyl adjacent to an activating group) is 1. The van der Waals surface area contributed by atoms with Gasteiger partial charge in [-0.05, 0) is 44.6 Å². The zero-order valence-electron chi connectivity index (χ0n) is 23.2. The van der Waals surface area contributed by atoms with Gasteiger partial charge in [0.1, 0.15) is 5.69 Å². The van der Waals surface area contributed by atoms with Gasteiger partial charge in [-0.1, -0.05) is 6.92 Å². The molecule has 12 nitrogen and oxygen atoms in total. The van der Waals surface area contributed by atoms with Gasteiger partial charge >= 0.3 is 0 Å². The predicted octanol–water partition coefficient (Wildman–Crippen LogP) is 3.15. The number of aliphatic imine (C=N–C) groups is 3. The van der Waals surface area contributed by atoms with Crippen molar-refractivity contribution >= 4 is 54.2 Å². The number of hydrogen-bond donors (Lipinski definition) is 1. The molecule has 0 amide bonds. The Labute approximate surface area is 234 Å². The topological polar surface area (TPSA) is 128 Å². The van der Waals surface area contributed by atoms with Crippen molar-refractivity contribution in [1.82, 2.24) is 25.1 Å². The lowest BCUT2D eigenvalue weighted by Gasteiger charge is -2.31. The minimum absolute atomic E-state index is 0.378. The number of carbonyl (C=O) groups excluding carboxylic acids is 1. The maximum absolute atomic E-state index is 11.1. The van der Waals surface area contributed by atoms with E-state index in [2.05, 4.69) is 60.2 Å². The molecule has 3 heterocycles. The number of hydrogen-bond acceptors (Lipinski definition) is 11.